The van der Waals surface area contributed by atoms with Gasteiger partial charge in [-0.1, -0.05) is 0 Å². The van der Waals surface area contributed by atoms with Crippen LogP contribution in [-0.4, -0.2) is 30.2 Å². The molecule has 0 unspecified atom stereocenters. The van der Waals surface area contributed by atoms with E-state index in [2.05, 4.69) is 15.3 Å². The fourth-order valence-corrected chi connectivity index (χ4v) is 1.19. The average molecular weight is 213 g/mol. The topological polar surface area (TPSA) is 47.0 Å². The molecule has 15 heavy (non-hydrogen) atoms. The van der Waals surface area contributed by atoms with Gasteiger partial charge in [0.05, 0.1) is 0 Å². The number of hydrogen-bond donors (Lipinski definition) is 1. The minimum atomic E-state index is -0.508. The summed E-state index contributed by atoms with van der Waals surface area (Å²) in [5, 5.41) is 3.03. The molecule has 0 aliphatic carbocycles. The van der Waals surface area contributed by atoms with E-state index in [4.69, 9.17) is 4.74 Å². The summed E-state index contributed by atoms with van der Waals surface area (Å²) < 4.78 is 17.6. The van der Waals surface area contributed by atoms with Gasteiger partial charge in [-0.05, 0) is 19.3 Å². The Morgan fingerprint density at radius 3 is 2.93 bits per heavy atom. The number of ether oxygens (including phenoxy) is 1. The van der Waals surface area contributed by atoms with Gasteiger partial charge >= 0.3 is 0 Å². The highest BCUT2D eigenvalue weighted by atomic mass is 19.1. The first-order valence-corrected chi connectivity index (χ1v) is 5.03. The molecule has 1 aromatic rings. The molecule has 0 aliphatic rings. The van der Waals surface area contributed by atoms with Gasteiger partial charge in [0.2, 0.25) is 5.95 Å². The molecule has 0 fully saturated rings. The van der Waals surface area contributed by atoms with Crippen molar-refractivity contribution in [1.29, 1.82) is 0 Å². The second kappa shape index (κ2) is 7.11. The van der Waals surface area contributed by atoms with Gasteiger partial charge in [0, 0.05) is 26.3 Å². The molecule has 0 aliphatic heterocycles. The number of anilines is 1. The summed E-state index contributed by atoms with van der Waals surface area (Å²) in [5.74, 6) is 0.0288. The van der Waals surface area contributed by atoms with Crippen LogP contribution in [0.5, 0.6) is 0 Å². The lowest BCUT2D eigenvalue weighted by molar-refractivity contribution is 0.192. The summed E-state index contributed by atoms with van der Waals surface area (Å²) in [6, 6.07) is 1.29. The normalized spacial score (nSPS) is 10.3. The first-order chi connectivity index (χ1) is 7.33. The number of methoxy groups -OCH3 is 1. The van der Waals surface area contributed by atoms with Gasteiger partial charge in [-0.2, -0.15) is 4.39 Å². The van der Waals surface area contributed by atoms with E-state index in [9.17, 15) is 4.39 Å². The third kappa shape index (κ3) is 5.27. The van der Waals surface area contributed by atoms with Gasteiger partial charge in [0.15, 0.2) is 0 Å². The summed E-state index contributed by atoms with van der Waals surface area (Å²) >= 11 is 0. The monoisotopic (exact) mass is 213 g/mol. The van der Waals surface area contributed by atoms with E-state index in [1.54, 1.807) is 7.11 Å². The molecular formula is C10H16FN3O. The zero-order chi connectivity index (χ0) is 10.9. The van der Waals surface area contributed by atoms with Crippen molar-refractivity contribution in [1.82, 2.24) is 9.97 Å². The molecule has 1 heterocycles. The smallest absolute Gasteiger partial charge is 0.217 e. The largest absolute Gasteiger partial charge is 0.385 e. The van der Waals surface area contributed by atoms with Crippen LogP contribution in [0, 0.1) is 5.95 Å². The van der Waals surface area contributed by atoms with Gasteiger partial charge in [-0.3, -0.25) is 0 Å². The highest BCUT2D eigenvalue weighted by Crippen LogP contribution is 2.03. The third-order valence-electron chi connectivity index (χ3n) is 1.97. The molecule has 4 nitrogen and oxygen atoms in total. The van der Waals surface area contributed by atoms with Crippen molar-refractivity contribution in [3.8, 4) is 0 Å². The zero-order valence-electron chi connectivity index (χ0n) is 8.87. The average Bonchev–Trinajstić information content (AvgIpc) is 2.23. The lowest BCUT2D eigenvalue weighted by atomic mass is 10.2. The Morgan fingerprint density at radius 1 is 1.33 bits per heavy atom. The van der Waals surface area contributed by atoms with Crippen LogP contribution in [0.4, 0.5) is 10.2 Å². The molecule has 1 N–H and O–H groups in total. The van der Waals surface area contributed by atoms with Crippen LogP contribution in [-0.2, 0) is 4.74 Å². The second-order valence-corrected chi connectivity index (χ2v) is 3.21. The molecule has 0 saturated carbocycles. The number of nitrogens with zero attached hydrogens (tertiary/aromatic N) is 2. The predicted molar refractivity (Wildman–Crippen MR) is 56.2 cm³/mol. The Bertz CT molecular complexity index is 283. The van der Waals surface area contributed by atoms with Gasteiger partial charge < -0.3 is 10.1 Å². The van der Waals surface area contributed by atoms with Crippen LogP contribution >= 0.6 is 0 Å². The number of rotatable bonds is 7. The fraction of sp³-hybridized carbons (Fsp3) is 0.600. The number of halogens is 1. The van der Waals surface area contributed by atoms with Crippen molar-refractivity contribution in [3.63, 3.8) is 0 Å². The van der Waals surface area contributed by atoms with E-state index in [1.807, 2.05) is 0 Å². The second-order valence-electron chi connectivity index (χ2n) is 3.21. The number of aromatic nitrogens is 2. The Hall–Kier alpha value is -1.23. The first kappa shape index (κ1) is 11.8. The molecule has 0 atom stereocenters. The van der Waals surface area contributed by atoms with Crippen LogP contribution in [0.25, 0.3) is 0 Å². The zero-order valence-corrected chi connectivity index (χ0v) is 8.87. The summed E-state index contributed by atoms with van der Waals surface area (Å²) in [6.07, 6.45) is 4.38. The molecule has 0 spiro atoms. The van der Waals surface area contributed by atoms with E-state index < -0.39 is 5.95 Å². The molecule has 1 rings (SSSR count). The van der Waals surface area contributed by atoms with Crippen molar-refractivity contribution in [2.75, 3.05) is 25.6 Å². The summed E-state index contributed by atoms with van der Waals surface area (Å²) in [6.45, 7) is 1.59. The molecule has 5 heteroatoms. The van der Waals surface area contributed by atoms with Gasteiger partial charge in [-0.15, -0.1) is 0 Å². The Labute approximate surface area is 88.9 Å². The Kier molecular flexibility index (Phi) is 5.62. The third-order valence-corrected chi connectivity index (χ3v) is 1.97. The summed E-state index contributed by atoms with van der Waals surface area (Å²) in [5.41, 5.74) is 0. The summed E-state index contributed by atoms with van der Waals surface area (Å²) in [7, 11) is 1.70. The molecule has 1 aromatic heterocycles. The van der Waals surface area contributed by atoms with E-state index in [0.717, 1.165) is 32.4 Å². The molecule has 0 amide bonds. The van der Waals surface area contributed by atoms with Crippen molar-refractivity contribution in [2.45, 2.75) is 19.3 Å². The lowest BCUT2D eigenvalue weighted by Crippen LogP contribution is -2.04. The van der Waals surface area contributed by atoms with Crippen LogP contribution in [0.3, 0.4) is 0 Å². The Morgan fingerprint density at radius 2 is 2.20 bits per heavy atom. The summed E-state index contributed by atoms with van der Waals surface area (Å²) in [4.78, 5) is 7.26. The molecular weight excluding hydrogens is 197 g/mol. The van der Waals surface area contributed by atoms with E-state index in [1.165, 1.54) is 12.4 Å². The lowest BCUT2D eigenvalue weighted by Gasteiger charge is -2.04. The van der Waals surface area contributed by atoms with Crippen molar-refractivity contribution in [2.24, 2.45) is 0 Å². The van der Waals surface area contributed by atoms with Gasteiger partial charge in [-0.25, -0.2) is 9.97 Å². The van der Waals surface area contributed by atoms with Gasteiger partial charge in [0.25, 0.3) is 0 Å². The molecule has 0 radical (unpaired) electrons. The van der Waals surface area contributed by atoms with Crippen LogP contribution < -0.4 is 5.32 Å². The number of hydrogen-bond acceptors (Lipinski definition) is 4. The number of unbranched alkanes of at least 4 members (excludes halogenated alkanes) is 2. The molecule has 0 aromatic carbocycles. The first-order valence-electron chi connectivity index (χ1n) is 5.03. The molecule has 84 valence electrons. The van der Waals surface area contributed by atoms with Crippen molar-refractivity contribution < 1.29 is 9.13 Å². The van der Waals surface area contributed by atoms with Crippen molar-refractivity contribution >= 4 is 5.82 Å². The maximum atomic E-state index is 12.6. The minimum Gasteiger partial charge on any atom is -0.385 e. The van der Waals surface area contributed by atoms with Crippen LogP contribution in [0.15, 0.2) is 12.4 Å². The predicted octanol–water partition coefficient (Wildman–Crippen LogP) is 1.84. The molecule has 0 bridgehead atoms. The number of nitrogens with one attached hydrogen (secondary N) is 1. The van der Waals surface area contributed by atoms with Crippen molar-refractivity contribution in [3.05, 3.63) is 18.3 Å². The standard InChI is InChI=1S/C10H16FN3O/c1-15-6-4-2-3-5-12-10-7-9(11)13-8-14-10/h7-8H,2-6H2,1H3,(H,12,13,14). The molecule has 0 saturated heterocycles. The Balaban J connectivity index is 2.10. The fourth-order valence-electron chi connectivity index (χ4n) is 1.19. The van der Waals surface area contributed by atoms with Crippen LogP contribution in [0.2, 0.25) is 0 Å². The van der Waals surface area contributed by atoms with E-state index >= 15 is 0 Å². The SMILES string of the molecule is COCCCCCNc1cc(F)ncn1. The van der Waals surface area contributed by atoms with E-state index in [-0.39, 0.29) is 0 Å². The maximum absolute atomic E-state index is 12.6. The highest BCUT2D eigenvalue weighted by molar-refractivity contribution is 5.31. The quantitative estimate of drug-likeness (QED) is 0.554. The van der Waals surface area contributed by atoms with E-state index in [0.29, 0.717) is 5.82 Å². The maximum Gasteiger partial charge on any atom is 0.217 e. The van der Waals surface area contributed by atoms with Crippen LogP contribution in [0.1, 0.15) is 19.3 Å². The van der Waals surface area contributed by atoms with Gasteiger partial charge in [0.1, 0.15) is 12.1 Å². The minimum absolute atomic E-state index is 0.508. The highest BCUT2D eigenvalue weighted by Gasteiger charge is 1.96.